The van der Waals surface area contributed by atoms with E-state index >= 15 is 0 Å². The van der Waals surface area contributed by atoms with Gasteiger partial charge in [0.2, 0.25) is 5.91 Å². The highest BCUT2D eigenvalue weighted by Gasteiger charge is 2.47. The number of carbonyl (C=O) groups is 1. The number of aliphatic hydroxyl groups excluding tert-OH is 1. The maximum Gasteiger partial charge on any atom is 0.220 e. The largest absolute Gasteiger partial charge is 0.388 e. The Hall–Kier alpha value is -3.07. The topological polar surface area (TPSA) is 86.3 Å². The van der Waals surface area contributed by atoms with Gasteiger partial charge in [0.05, 0.1) is 26.4 Å². The summed E-state index contributed by atoms with van der Waals surface area (Å²) in [5.74, 6) is -0.145. The Morgan fingerprint density at radius 3 is 1.89 bits per heavy atom. The lowest BCUT2D eigenvalue weighted by Crippen LogP contribution is -2.65. The van der Waals surface area contributed by atoms with E-state index in [0.717, 1.165) is 16.7 Å². The average Bonchev–Trinajstić information content (AvgIpc) is 2.95. The molecule has 1 aliphatic rings. The number of rotatable bonds is 13. The van der Waals surface area contributed by atoms with Gasteiger partial charge in [-0.3, -0.25) is 4.79 Å². The number of aliphatic hydroxyl groups is 1. The van der Waals surface area contributed by atoms with Crippen molar-refractivity contribution in [3.05, 3.63) is 108 Å². The summed E-state index contributed by atoms with van der Waals surface area (Å²) in [6, 6.07) is 28.6. The Morgan fingerprint density at radius 2 is 1.34 bits per heavy atom. The predicted molar refractivity (Wildman–Crippen MR) is 144 cm³/mol. The highest BCUT2D eigenvalue weighted by molar-refractivity contribution is 5.76. The van der Waals surface area contributed by atoms with Crippen LogP contribution in [0.3, 0.4) is 0 Å². The smallest absolute Gasteiger partial charge is 0.220 e. The fourth-order valence-corrected chi connectivity index (χ4v) is 4.42. The number of benzene rings is 3. The van der Waals surface area contributed by atoms with Crippen LogP contribution in [-0.2, 0) is 43.6 Å². The molecular formula is C31H37NO6. The van der Waals surface area contributed by atoms with E-state index in [1.54, 1.807) is 0 Å². The van der Waals surface area contributed by atoms with Crippen LogP contribution in [0.15, 0.2) is 91.0 Å². The molecule has 7 heteroatoms. The molecule has 38 heavy (non-hydrogen) atoms. The first-order chi connectivity index (χ1) is 18.6. The summed E-state index contributed by atoms with van der Waals surface area (Å²) in [5.41, 5.74) is 2.96. The summed E-state index contributed by atoms with van der Waals surface area (Å²) >= 11 is 0. The fraction of sp³-hybridized carbons (Fsp3) is 0.387. The molecule has 0 aromatic heterocycles. The highest BCUT2D eigenvalue weighted by atomic mass is 16.7. The van der Waals surface area contributed by atoms with Crippen molar-refractivity contribution in [3.8, 4) is 0 Å². The summed E-state index contributed by atoms with van der Waals surface area (Å²) < 4.78 is 24.6. The molecule has 0 spiro atoms. The second-order valence-corrected chi connectivity index (χ2v) is 9.44. The molecule has 4 rings (SSSR count). The average molecular weight is 520 g/mol. The van der Waals surface area contributed by atoms with Crippen molar-refractivity contribution >= 4 is 5.91 Å². The third kappa shape index (κ3) is 8.21. The normalized spacial score (nSPS) is 23.2. The maximum atomic E-state index is 12.7. The molecule has 5 atom stereocenters. The molecular weight excluding hydrogens is 482 g/mol. The molecule has 1 unspecified atom stereocenters. The zero-order valence-corrected chi connectivity index (χ0v) is 21.8. The molecule has 1 amide bonds. The van der Waals surface area contributed by atoms with Crippen LogP contribution < -0.4 is 5.32 Å². The summed E-state index contributed by atoms with van der Waals surface area (Å²) in [6.45, 7) is 3.02. The molecule has 202 valence electrons. The first-order valence-electron chi connectivity index (χ1n) is 13.2. The Labute approximate surface area is 224 Å². The highest BCUT2D eigenvalue weighted by Crippen LogP contribution is 2.27. The lowest BCUT2D eigenvalue weighted by Gasteiger charge is -2.44. The summed E-state index contributed by atoms with van der Waals surface area (Å²) in [5, 5.41) is 14.4. The Balaban J connectivity index is 1.52. The zero-order chi connectivity index (χ0) is 26.6. The molecule has 1 saturated heterocycles. The van der Waals surface area contributed by atoms with Crippen LogP contribution in [0, 0.1) is 0 Å². The van der Waals surface area contributed by atoms with Gasteiger partial charge in [-0.15, -0.1) is 0 Å². The van der Waals surface area contributed by atoms with Gasteiger partial charge in [-0.25, -0.2) is 0 Å². The Bertz CT molecular complexity index is 1080. The molecule has 3 aromatic carbocycles. The van der Waals surface area contributed by atoms with Gasteiger partial charge in [0, 0.05) is 6.42 Å². The number of nitrogens with one attached hydrogen (secondary N) is 1. The van der Waals surface area contributed by atoms with Crippen LogP contribution in [0.5, 0.6) is 0 Å². The molecule has 1 fully saturated rings. The predicted octanol–water partition coefficient (Wildman–Crippen LogP) is 4.38. The third-order valence-electron chi connectivity index (χ3n) is 6.41. The van der Waals surface area contributed by atoms with E-state index in [4.69, 9.17) is 18.9 Å². The van der Waals surface area contributed by atoms with Gasteiger partial charge < -0.3 is 29.4 Å². The minimum Gasteiger partial charge on any atom is -0.388 e. The second kappa shape index (κ2) is 14.8. The molecule has 1 aliphatic heterocycles. The van der Waals surface area contributed by atoms with Gasteiger partial charge in [-0.2, -0.15) is 0 Å². The monoisotopic (exact) mass is 519 g/mol. The summed E-state index contributed by atoms with van der Waals surface area (Å²) in [6.07, 6.45) is -2.31. The van der Waals surface area contributed by atoms with Crippen molar-refractivity contribution in [3.63, 3.8) is 0 Å². The second-order valence-electron chi connectivity index (χ2n) is 9.44. The van der Waals surface area contributed by atoms with Crippen molar-refractivity contribution in [2.24, 2.45) is 0 Å². The van der Waals surface area contributed by atoms with Crippen LogP contribution in [0.2, 0.25) is 0 Å². The molecule has 7 nitrogen and oxygen atoms in total. The standard InChI is InChI=1S/C31H37NO6/c1-2-12-27(33)32-28-30(36-20-24-15-8-4-9-16-24)29(34)26(22-35-19-23-13-6-3-7-14-23)38-31(28)37-21-25-17-10-5-11-18-25/h3-11,13-18,26,28-31,34H,2,12,19-22H2,1H3,(H,32,33)/t26-,28-,29-,30-,31?/m1/s1. The van der Waals surface area contributed by atoms with Crippen molar-refractivity contribution in [2.45, 2.75) is 70.2 Å². The van der Waals surface area contributed by atoms with Gasteiger partial charge >= 0.3 is 0 Å². The lowest BCUT2D eigenvalue weighted by molar-refractivity contribution is -0.284. The van der Waals surface area contributed by atoms with Crippen LogP contribution in [0.25, 0.3) is 0 Å². The first kappa shape index (κ1) is 28.0. The fourth-order valence-electron chi connectivity index (χ4n) is 4.42. The van der Waals surface area contributed by atoms with E-state index in [1.807, 2.05) is 97.9 Å². The van der Waals surface area contributed by atoms with Gasteiger partial charge in [0.25, 0.3) is 0 Å². The van der Waals surface area contributed by atoms with E-state index in [9.17, 15) is 9.90 Å². The van der Waals surface area contributed by atoms with E-state index in [2.05, 4.69) is 5.32 Å². The van der Waals surface area contributed by atoms with Crippen LogP contribution >= 0.6 is 0 Å². The third-order valence-corrected chi connectivity index (χ3v) is 6.41. The number of carbonyl (C=O) groups excluding carboxylic acids is 1. The number of hydrogen-bond donors (Lipinski definition) is 2. The van der Waals surface area contributed by atoms with Gasteiger partial charge in [-0.1, -0.05) is 97.9 Å². The molecule has 0 saturated carbocycles. The van der Waals surface area contributed by atoms with Crippen molar-refractivity contribution in [1.29, 1.82) is 0 Å². The van der Waals surface area contributed by atoms with Crippen LogP contribution in [-0.4, -0.2) is 48.3 Å². The molecule has 0 radical (unpaired) electrons. The van der Waals surface area contributed by atoms with Gasteiger partial charge in [0.15, 0.2) is 6.29 Å². The molecule has 2 N–H and O–H groups in total. The Kier molecular flexibility index (Phi) is 10.9. The van der Waals surface area contributed by atoms with E-state index in [-0.39, 0.29) is 25.7 Å². The molecule has 0 bridgehead atoms. The minimum absolute atomic E-state index is 0.141. The first-order valence-corrected chi connectivity index (χ1v) is 13.2. The lowest BCUT2D eigenvalue weighted by atomic mass is 9.96. The minimum atomic E-state index is -1.04. The van der Waals surface area contributed by atoms with Gasteiger partial charge in [0.1, 0.15) is 24.4 Å². The molecule has 3 aromatic rings. The zero-order valence-electron chi connectivity index (χ0n) is 21.8. The van der Waals surface area contributed by atoms with E-state index < -0.39 is 30.6 Å². The molecule has 0 aliphatic carbocycles. The van der Waals surface area contributed by atoms with Crippen molar-refractivity contribution < 1.29 is 28.8 Å². The maximum absolute atomic E-state index is 12.7. The van der Waals surface area contributed by atoms with Crippen molar-refractivity contribution in [2.75, 3.05) is 6.61 Å². The number of hydrogen-bond acceptors (Lipinski definition) is 6. The summed E-state index contributed by atoms with van der Waals surface area (Å²) in [7, 11) is 0. The van der Waals surface area contributed by atoms with E-state index in [1.165, 1.54) is 0 Å². The van der Waals surface area contributed by atoms with Crippen molar-refractivity contribution in [1.82, 2.24) is 5.32 Å². The number of amides is 1. The Morgan fingerprint density at radius 1 is 0.816 bits per heavy atom. The number of ether oxygens (including phenoxy) is 4. The van der Waals surface area contributed by atoms with Crippen LogP contribution in [0.1, 0.15) is 36.5 Å². The molecule has 1 heterocycles. The van der Waals surface area contributed by atoms with Crippen LogP contribution in [0.4, 0.5) is 0 Å². The quantitative estimate of drug-likeness (QED) is 0.349. The SMILES string of the molecule is CCCC(=O)N[C@H]1C(OCc2ccccc2)O[C@H](COCc2ccccc2)[C@@H](O)[C@@H]1OCc1ccccc1. The van der Waals surface area contributed by atoms with Gasteiger partial charge in [-0.05, 0) is 23.1 Å². The van der Waals surface area contributed by atoms with E-state index in [0.29, 0.717) is 19.4 Å². The summed E-state index contributed by atoms with van der Waals surface area (Å²) in [4.78, 5) is 12.7.